The molecule has 4 rings (SSSR count). The van der Waals surface area contributed by atoms with E-state index in [9.17, 15) is 9.59 Å². The first-order valence-corrected chi connectivity index (χ1v) is 13.6. The van der Waals surface area contributed by atoms with E-state index in [4.69, 9.17) is 18.9 Å². The molecule has 39 heavy (non-hydrogen) atoms. The summed E-state index contributed by atoms with van der Waals surface area (Å²) in [6.07, 6.45) is 6.16. The molecule has 8 nitrogen and oxygen atoms in total. The van der Waals surface area contributed by atoms with Crippen LogP contribution in [0.4, 0.5) is 0 Å². The number of rotatable bonds is 14. The maximum atomic E-state index is 12.2. The number of morpholine rings is 2. The highest BCUT2D eigenvalue weighted by Gasteiger charge is 2.11. The molecular weight excluding hydrogens is 496 g/mol. The van der Waals surface area contributed by atoms with Gasteiger partial charge in [-0.15, -0.1) is 0 Å². The van der Waals surface area contributed by atoms with Crippen LogP contribution in [0.1, 0.15) is 17.5 Å². The summed E-state index contributed by atoms with van der Waals surface area (Å²) in [5.41, 5.74) is 1.75. The average Bonchev–Trinajstić information content (AvgIpc) is 2.97. The number of allylic oxidation sites excluding steroid dienone is 2. The van der Waals surface area contributed by atoms with Crippen LogP contribution in [-0.2, 0) is 19.1 Å². The predicted octanol–water partition coefficient (Wildman–Crippen LogP) is 3.36. The molecule has 2 aliphatic heterocycles. The highest BCUT2D eigenvalue weighted by atomic mass is 16.5. The normalized spacial score (nSPS) is 17.0. The Morgan fingerprint density at radius 1 is 0.641 bits per heavy atom. The molecule has 208 valence electrons. The van der Waals surface area contributed by atoms with Crippen LogP contribution < -0.4 is 9.47 Å². The average molecular weight is 535 g/mol. The molecule has 2 saturated heterocycles. The molecular formula is C31H38N2O6. The third-order valence-corrected chi connectivity index (χ3v) is 6.59. The lowest BCUT2D eigenvalue weighted by Gasteiger charge is -2.26. The molecule has 2 fully saturated rings. The Hall–Kier alpha value is -3.30. The second-order valence-electron chi connectivity index (χ2n) is 9.52. The standard InChI is InChI=1S/C31H38N2O6/c34-28(7-1-26-3-9-30(10-4-26)38-23-17-32-13-19-36-20-14-32)25-29(35)8-2-27-5-11-31(12-6-27)39-24-18-33-15-21-37-22-16-33/h1-12H,13-25H2. The Morgan fingerprint density at radius 2 is 1.03 bits per heavy atom. The fourth-order valence-corrected chi connectivity index (χ4v) is 4.25. The van der Waals surface area contributed by atoms with Crippen LogP contribution in [-0.4, -0.2) is 100 Å². The SMILES string of the molecule is O=C(C=Cc1ccc(OCCN2CCOCC2)cc1)CC(=O)C=Cc1ccc(OCCN2CCOCC2)cc1. The maximum absolute atomic E-state index is 12.2. The molecule has 2 heterocycles. The number of ketones is 2. The van der Waals surface area contributed by atoms with Gasteiger partial charge in [-0.25, -0.2) is 0 Å². The zero-order valence-electron chi connectivity index (χ0n) is 22.5. The molecule has 0 radical (unpaired) electrons. The number of hydrogen-bond acceptors (Lipinski definition) is 8. The molecule has 0 aromatic heterocycles. The first-order valence-electron chi connectivity index (χ1n) is 13.6. The summed E-state index contributed by atoms with van der Waals surface area (Å²) in [7, 11) is 0. The van der Waals surface area contributed by atoms with Gasteiger partial charge in [-0.1, -0.05) is 36.4 Å². The summed E-state index contributed by atoms with van der Waals surface area (Å²) < 4.78 is 22.3. The van der Waals surface area contributed by atoms with E-state index < -0.39 is 0 Å². The second kappa shape index (κ2) is 16.0. The van der Waals surface area contributed by atoms with Crippen LogP contribution in [0.5, 0.6) is 11.5 Å². The van der Waals surface area contributed by atoms with Gasteiger partial charge in [0.1, 0.15) is 24.7 Å². The Labute approximate surface area is 230 Å². The third kappa shape index (κ3) is 10.8. The van der Waals surface area contributed by atoms with Crippen LogP contribution >= 0.6 is 0 Å². The van der Waals surface area contributed by atoms with Crippen molar-refractivity contribution in [3.63, 3.8) is 0 Å². The number of carbonyl (C=O) groups is 2. The Balaban J connectivity index is 1.13. The van der Waals surface area contributed by atoms with Crippen molar-refractivity contribution in [3.05, 3.63) is 71.8 Å². The minimum atomic E-state index is -0.237. The van der Waals surface area contributed by atoms with Crippen LogP contribution in [0, 0.1) is 0 Å². The molecule has 0 aliphatic carbocycles. The van der Waals surface area contributed by atoms with E-state index in [1.165, 1.54) is 12.2 Å². The lowest BCUT2D eigenvalue weighted by molar-refractivity contribution is -0.121. The lowest BCUT2D eigenvalue weighted by Crippen LogP contribution is -2.38. The molecule has 2 aromatic carbocycles. The molecule has 0 bridgehead atoms. The maximum Gasteiger partial charge on any atom is 0.163 e. The van der Waals surface area contributed by atoms with Crippen molar-refractivity contribution >= 4 is 23.7 Å². The van der Waals surface area contributed by atoms with Gasteiger partial charge in [-0.3, -0.25) is 19.4 Å². The van der Waals surface area contributed by atoms with Crippen molar-refractivity contribution in [2.75, 3.05) is 78.9 Å². The van der Waals surface area contributed by atoms with E-state index in [-0.39, 0.29) is 18.0 Å². The monoisotopic (exact) mass is 534 g/mol. The lowest BCUT2D eigenvalue weighted by atomic mass is 10.1. The van der Waals surface area contributed by atoms with E-state index in [0.29, 0.717) is 13.2 Å². The topological polar surface area (TPSA) is 77.5 Å². The number of ether oxygens (including phenoxy) is 4. The summed E-state index contributed by atoms with van der Waals surface area (Å²) in [5, 5.41) is 0. The van der Waals surface area contributed by atoms with Gasteiger partial charge in [-0.05, 0) is 47.5 Å². The third-order valence-electron chi connectivity index (χ3n) is 6.59. The van der Waals surface area contributed by atoms with Crippen LogP contribution in [0.3, 0.4) is 0 Å². The zero-order chi connectivity index (χ0) is 27.1. The van der Waals surface area contributed by atoms with Gasteiger partial charge >= 0.3 is 0 Å². The van der Waals surface area contributed by atoms with E-state index in [1.807, 2.05) is 48.5 Å². The van der Waals surface area contributed by atoms with Crippen LogP contribution in [0.2, 0.25) is 0 Å². The summed E-state index contributed by atoms with van der Waals surface area (Å²) in [6, 6.07) is 15.1. The van der Waals surface area contributed by atoms with Crippen molar-refractivity contribution in [3.8, 4) is 11.5 Å². The Bertz CT molecular complexity index is 998. The minimum absolute atomic E-state index is 0.168. The van der Waals surface area contributed by atoms with Crippen molar-refractivity contribution in [2.45, 2.75) is 6.42 Å². The second-order valence-corrected chi connectivity index (χ2v) is 9.52. The molecule has 2 aliphatic rings. The molecule has 0 unspecified atom stereocenters. The summed E-state index contributed by atoms with van der Waals surface area (Å²) in [5.74, 6) is 1.11. The molecule has 0 saturated carbocycles. The first kappa shape index (κ1) is 28.7. The molecule has 0 amide bonds. The van der Waals surface area contributed by atoms with E-state index in [0.717, 1.165) is 88.3 Å². The van der Waals surface area contributed by atoms with Gasteiger partial charge in [0.25, 0.3) is 0 Å². The fraction of sp³-hybridized carbons (Fsp3) is 0.419. The summed E-state index contributed by atoms with van der Waals surface area (Å²) in [4.78, 5) is 29.1. The minimum Gasteiger partial charge on any atom is -0.492 e. The van der Waals surface area contributed by atoms with Gasteiger partial charge in [0, 0.05) is 39.3 Å². The van der Waals surface area contributed by atoms with Crippen molar-refractivity contribution in [1.82, 2.24) is 9.80 Å². The number of carbonyl (C=O) groups excluding carboxylic acids is 2. The Morgan fingerprint density at radius 3 is 1.41 bits per heavy atom. The zero-order valence-corrected chi connectivity index (χ0v) is 22.5. The van der Waals surface area contributed by atoms with Gasteiger partial charge in [-0.2, -0.15) is 0 Å². The summed E-state index contributed by atoms with van der Waals surface area (Å²) >= 11 is 0. The molecule has 0 N–H and O–H groups in total. The smallest absolute Gasteiger partial charge is 0.163 e. The number of hydrogen-bond donors (Lipinski definition) is 0. The molecule has 0 atom stereocenters. The van der Waals surface area contributed by atoms with Crippen LogP contribution in [0.15, 0.2) is 60.7 Å². The predicted molar refractivity (Wildman–Crippen MR) is 151 cm³/mol. The van der Waals surface area contributed by atoms with Crippen molar-refractivity contribution in [2.24, 2.45) is 0 Å². The van der Waals surface area contributed by atoms with Gasteiger partial charge in [0.15, 0.2) is 11.6 Å². The largest absolute Gasteiger partial charge is 0.492 e. The van der Waals surface area contributed by atoms with Gasteiger partial charge in [0.05, 0.1) is 32.8 Å². The first-order chi connectivity index (χ1) is 19.1. The highest BCUT2D eigenvalue weighted by molar-refractivity contribution is 6.10. The molecule has 0 spiro atoms. The highest BCUT2D eigenvalue weighted by Crippen LogP contribution is 2.15. The van der Waals surface area contributed by atoms with Crippen LogP contribution in [0.25, 0.3) is 12.2 Å². The van der Waals surface area contributed by atoms with E-state index >= 15 is 0 Å². The van der Waals surface area contributed by atoms with Crippen molar-refractivity contribution < 1.29 is 28.5 Å². The molecule has 2 aromatic rings. The Kier molecular flexibility index (Phi) is 11.7. The molecule has 8 heteroatoms. The number of nitrogens with zero attached hydrogens (tertiary/aromatic N) is 2. The van der Waals surface area contributed by atoms with Crippen molar-refractivity contribution in [1.29, 1.82) is 0 Å². The number of benzene rings is 2. The van der Waals surface area contributed by atoms with E-state index in [1.54, 1.807) is 12.2 Å². The van der Waals surface area contributed by atoms with Gasteiger partial charge < -0.3 is 18.9 Å². The fourth-order valence-electron chi connectivity index (χ4n) is 4.25. The quantitative estimate of drug-likeness (QED) is 0.270. The van der Waals surface area contributed by atoms with Gasteiger partial charge in [0.2, 0.25) is 0 Å². The van der Waals surface area contributed by atoms with E-state index in [2.05, 4.69) is 9.80 Å². The summed E-state index contributed by atoms with van der Waals surface area (Å²) in [6.45, 7) is 9.88.